The van der Waals surface area contributed by atoms with Crippen LogP contribution in [0.2, 0.25) is 0 Å². The van der Waals surface area contributed by atoms with E-state index in [9.17, 15) is 14.7 Å². The van der Waals surface area contributed by atoms with Gasteiger partial charge in [-0.25, -0.2) is 9.59 Å². The van der Waals surface area contributed by atoms with Gasteiger partial charge in [-0.2, -0.15) is 5.10 Å². The molecule has 0 atom stereocenters. The fourth-order valence-corrected chi connectivity index (χ4v) is 2.64. The van der Waals surface area contributed by atoms with Gasteiger partial charge < -0.3 is 15.7 Å². The highest BCUT2D eigenvalue weighted by atomic mass is 16.4. The van der Waals surface area contributed by atoms with Crippen LogP contribution in [0.4, 0.5) is 4.79 Å². The second-order valence-electron chi connectivity index (χ2n) is 5.86. The predicted molar refractivity (Wildman–Crippen MR) is 76.6 cm³/mol. The molecule has 1 aliphatic carbocycles. The van der Waals surface area contributed by atoms with Gasteiger partial charge in [-0.3, -0.25) is 4.68 Å². The number of amides is 2. The summed E-state index contributed by atoms with van der Waals surface area (Å²) in [6.45, 7) is 2.38. The molecule has 0 saturated heterocycles. The normalized spacial score (nSPS) is 25.3. The number of carbonyl (C=O) groups excluding carboxylic acids is 1. The van der Waals surface area contributed by atoms with Crippen LogP contribution in [0.1, 0.15) is 38.3 Å². The van der Waals surface area contributed by atoms with Gasteiger partial charge in [0.15, 0.2) is 0 Å². The Kier molecular flexibility index (Phi) is 4.50. The van der Waals surface area contributed by atoms with Crippen LogP contribution in [0.3, 0.4) is 0 Å². The molecule has 116 valence electrons. The van der Waals surface area contributed by atoms with Crippen LogP contribution in [0.5, 0.6) is 0 Å². The molecule has 7 heteroatoms. The largest absolute Gasteiger partial charge is 0.480 e. The Bertz CT molecular complexity index is 518. The quantitative estimate of drug-likeness (QED) is 0.778. The summed E-state index contributed by atoms with van der Waals surface area (Å²) in [4.78, 5) is 23.5. The molecule has 1 aromatic rings. The van der Waals surface area contributed by atoms with Crippen molar-refractivity contribution in [2.75, 3.05) is 0 Å². The Morgan fingerprint density at radius 3 is 2.67 bits per heavy atom. The number of hydrogen-bond donors (Lipinski definition) is 3. The molecule has 0 spiro atoms. The van der Waals surface area contributed by atoms with Crippen molar-refractivity contribution in [2.45, 2.75) is 44.7 Å². The number of urea groups is 1. The van der Waals surface area contributed by atoms with Gasteiger partial charge in [-0.05, 0) is 37.7 Å². The molecular formula is C14H22N4O3. The third kappa shape index (κ3) is 3.74. The summed E-state index contributed by atoms with van der Waals surface area (Å²) in [5.41, 5.74) is -0.407. The number of rotatable bonds is 4. The number of carbonyl (C=O) groups is 2. The van der Waals surface area contributed by atoms with Crippen molar-refractivity contribution >= 4 is 12.0 Å². The van der Waals surface area contributed by atoms with Crippen molar-refractivity contribution in [1.29, 1.82) is 0 Å². The van der Waals surface area contributed by atoms with Gasteiger partial charge in [0, 0.05) is 13.2 Å². The summed E-state index contributed by atoms with van der Waals surface area (Å²) in [5.74, 6) is -0.446. The van der Waals surface area contributed by atoms with Crippen molar-refractivity contribution in [3.8, 4) is 0 Å². The third-order valence-corrected chi connectivity index (χ3v) is 4.09. The van der Waals surface area contributed by atoms with Gasteiger partial charge in [0.05, 0.1) is 12.2 Å². The summed E-state index contributed by atoms with van der Waals surface area (Å²) in [5, 5.41) is 18.9. The monoisotopic (exact) mass is 294 g/mol. The second-order valence-corrected chi connectivity index (χ2v) is 5.86. The average Bonchev–Trinajstić information content (AvgIpc) is 2.85. The molecule has 0 aliphatic heterocycles. The maximum atomic E-state index is 12.0. The lowest BCUT2D eigenvalue weighted by Gasteiger charge is -2.36. The van der Waals surface area contributed by atoms with Crippen molar-refractivity contribution in [2.24, 2.45) is 13.0 Å². The summed E-state index contributed by atoms with van der Waals surface area (Å²) < 4.78 is 1.65. The van der Waals surface area contributed by atoms with E-state index in [4.69, 9.17) is 0 Å². The predicted octanol–water partition coefficient (Wildman–Crippen LogP) is 1.25. The first-order chi connectivity index (χ1) is 9.91. The van der Waals surface area contributed by atoms with Crippen molar-refractivity contribution in [3.05, 3.63) is 18.0 Å². The molecule has 1 saturated carbocycles. The number of hydrogen-bond acceptors (Lipinski definition) is 3. The maximum absolute atomic E-state index is 12.0. The third-order valence-electron chi connectivity index (χ3n) is 4.09. The molecular weight excluding hydrogens is 272 g/mol. The molecule has 0 unspecified atom stereocenters. The van der Waals surface area contributed by atoms with Gasteiger partial charge in [-0.15, -0.1) is 0 Å². The number of carboxylic acids is 1. The topological polar surface area (TPSA) is 96.3 Å². The van der Waals surface area contributed by atoms with Crippen LogP contribution in [-0.4, -0.2) is 32.4 Å². The van der Waals surface area contributed by atoms with Crippen LogP contribution in [0, 0.1) is 5.92 Å². The number of nitrogens with one attached hydrogen (secondary N) is 2. The van der Waals surface area contributed by atoms with Crippen LogP contribution in [-0.2, 0) is 18.4 Å². The highest BCUT2D eigenvalue weighted by Crippen LogP contribution is 2.32. The number of aliphatic carboxylic acids is 1. The van der Waals surface area contributed by atoms with Crippen LogP contribution in [0.25, 0.3) is 0 Å². The minimum atomic E-state index is -1.14. The Hall–Kier alpha value is -2.05. The second kappa shape index (κ2) is 6.15. The summed E-state index contributed by atoms with van der Waals surface area (Å²) in [6, 6.07) is 1.34. The molecule has 1 aromatic heterocycles. The van der Waals surface area contributed by atoms with Gasteiger partial charge >= 0.3 is 12.0 Å². The zero-order valence-corrected chi connectivity index (χ0v) is 12.4. The Balaban J connectivity index is 1.91. The van der Waals surface area contributed by atoms with Crippen molar-refractivity contribution < 1.29 is 14.7 Å². The first-order valence-corrected chi connectivity index (χ1v) is 7.19. The first-order valence-electron chi connectivity index (χ1n) is 7.19. The first kappa shape index (κ1) is 15.3. The van der Waals surface area contributed by atoms with E-state index < -0.39 is 17.5 Å². The Morgan fingerprint density at radius 2 is 2.14 bits per heavy atom. The molecule has 2 rings (SSSR count). The Morgan fingerprint density at radius 1 is 1.48 bits per heavy atom. The lowest BCUT2D eigenvalue weighted by molar-refractivity contribution is -0.146. The fourth-order valence-electron chi connectivity index (χ4n) is 2.64. The number of aromatic nitrogens is 2. The van der Waals surface area contributed by atoms with Crippen LogP contribution >= 0.6 is 0 Å². The lowest BCUT2D eigenvalue weighted by atomic mass is 9.77. The highest BCUT2D eigenvalue weighted by Gasteiger charge is 2.42. The smallest absolute Gasteiger partial charge is 0.329 e. The Labute approximate surface area is 123 Å². The summed E-state index contributed by atoms with van der Waals surface area (Å²) in [7, 11) is 1.80. The SMILES string of the molecule is CC1CCC(NC(=O)NCc2ccn(C)n2)(C(=O)O)CC1. The molecule has 0 radical (unpaired) electrons. The van der Waals surface area contributed by atoms with E-state index in [1.807, 2.05) is 0 Å². The average molecular weight is 294 g/mol. The maximum Gasteiger partial charge on any atom is 0.329 e. The minimum Gasteiger partial charge on any atom is -0.480 e. The lowest BCUT2D eigenvalue weighted by Crippen LogP contribution is -2.58. The van der Waals surface area contributed by atoms with Gasteiger partial charge in [0.25, 0.3) is 0 Å². The standard InChI is InChI=1S/C14H22N4O3/c1-10-3-6-14(7-4-10,12(19)20)16-13(21)15-9-11-5-8-18(2)17-11/h5,8,10H,3-4,6-7,9H2,1-2H3,(H,19,20)(H2,15,16,21). The zero-order chi connectivity index (χ0) is 15.5. The molecule has 0 aromatic carbocycles. The van der Waals surface area contributed by atoms with E-state index in [2.05, 4.69) is 22.7 Å². The van der Waals surface area contributed by atoms with Gasteiger partial charge in [0.2, 0.25) is 0 Å². The number of aryl methyl sites for hydroxylation is 1. The number of carboxylic acid groups (broad SMARTS) is 1. The van der Waals surface area contributed by atoms with E-state index in [0.29, 0.717) is 18.8 Å². The highest BCUT2D eigenvalue weighted by molar-refractivity contribution is 5.86. The van der Waals surface area contributed by atoms with Crippen LogP contribution < -0.4 is 10.6 Å². The van der Waals surface area contributed by atoms with Crippen molar-refractivity contribution in [3.63, 3.8) is 0 Å². The van der Waals surface area contributed by atoms with E-state index in [1.54, 1.807) is 24.0 Å². The molecule has 7 nitrogen and oxygen atoms in total. The van der Waals surface area contributed by atoms with E-state index in [0.717, 1.165) is 18.5 Å². The van der Waals surface area contributed by atoms with Gasteiger partial charge in [0.1, 0.15) is 5.54 Å². The summed E-state index contributed by atoms with van der Waals surface area (Å²) in [6.07, 6.45) is 4.36. The minimum absolute atomic E-state index is 0.277. The molecule has 2 amide bonds. The summed E-state index contributed by atoms with van der Waals surface area (Å²) >= 11 is 0. The molecule has 1 heterocycles. The number of nitrogens with zero attached hydrogens (tertiary/aromatic N) is 2. The van der Waals surface area contributed by atoms with E-state index >= 15 is 0 Å². The fraction of sp³-hybridized carbons (Fsp3) is 0.643. The van der Waals surface area contributed by atoms with E-state index in [-0.39, 0.29) is 6.54 Å². The van der Waals surface area contributed by atoms with Crippen LogP contribution in [0.15, 0.2) is 12.3 Å². The van der Waals surface area contributed by atoms with Gasteiger partial charge in [-0.1, -0.05) is 6.92 Å². The van der Waals surface area contributed by atoms with E-state index in [1.165, 1.54) is 0 Å². The molecule has 1 fully saturated rings. The molecule has 21 heavy (non-hydrogen) atoms. The molecule has 0 bridgehead atoms. The van der Waals surface area contributed by atoms with Crippen molar-refractivity contribution in [1.82, 2.24) is 20.4 Å². The molecule has 1 aliphatic rings. The zero-order valence-electron chi connectivity index (χ0n) is 12.4. The molecule has 3 N–H and O–H groups in total.